The van der Waals surface area contributed by atoms with Gasteiger partial charge in [-0.3, -0.25) is 0 Å². The molecule has 1 unspecified atom stereocenters. The number of carboxylic acid groups (broad SMARTS) is 1. The monoisotopic (exact) mass is 427 g/mol. The molecule has 1 aliphatic heterocycles. The third-order valence-corrected chi connectivity index (χ3v) is 6.92. The normalized spacial score (nSPS) is 16.8. The summed E-state index contributed by atoms with van der Waals surface area (Å²) in [5, 5.41) is 11.2. The molecule has 154 valence electrons. The molecule has 0 spiro atoms. The van der Waals surface area contributed by atoms with Crippen molar-refractivity contribution in [2.45, 2.75) is 25.7 Å². The van der Waals surface area contributed by atoms with E-state index in [1.54, 1.807) is 12.1 Å². The summed E-state index contributed by atoms with van der Waals surface area (Å²) in [4.78, 5) is 13.0. The number of nitrogens with one attached hydrogen (secondary N) is 1. The van der Waals surface area contributed by atoms with Gasteiger partial charge in [-0.05, 0) is 24.3 Å². The average Bonchev–Trinajstić information content (AvgIpc) is 2.59. The summed E-state index contributed by atoms with van der Waals surface area (Å²) in [7, 11) is -5.45. The topological polar surface area (TPSA) is 90.0 Å². The fourth-order valence-corrected chi connectivity index (χ4v) is 4.89. The number of nitrogens with zero attached hydrogens (tertiary/aromatic N) is 2. The predicted molar refractivity (Wildman–Crippen MR) is 110 cm³/mol. The molecular formula is C18H26FN3O4SSi. The largest absolute Gasteiger partial charge is 0.465 e. The zero-order valence-corrected chi connectivity index (χ0v) is 18.1. The number of halogens is 1. The van der Waals surface area contributed by atoms with Crippen LogP contribution in [-0.4, -0.2) is 70.0 Å². The van der Waals surface area contributed by atoms with Gasteiger partial charge in [-0.1, -0.05) is 25.6 Å². The highest BCUT2D eigenvalue weighted by Crippen LogP contribution is 2.18. The van der Waals surface area contributed by atoms with Crippen LogP contribution in [0.1, 0.15) is 0 Å². The van der Waals surface area contributed by atoms with E-state index in [1.165, 1.54) is 16.4 Å². The van der Waals surface area contributed by atoms with E-state index in [4.69, 9.17) is 5.11 Å². The Bertz CT molecular complexity index is 852. The minimum Gasteiger partial charge on any atom is -0.465 e. The van der Waals surface area contributed by atoms with E-state index in [0.29, 0.717) is 13.1 Å². The van der Waals surface area contributed by atoms with Gasteiger partial charge < -0.3 is 15.3 Å². The first-order chi connectivity index (χ1) is 13.0. The van der Waals surface area contributed by atoms with E-state index in [-0.39, 0.29) is 18.9 Å². The molecule has 28 heavy (non-hydrogen) atoms. The lowest BCUT2D eigenvalue weighted by Crippen LogP contribution is -2.51. The second kappa shape index (κ2) is 8.94. The summed E-state index contributed by atoms with van der Waals surface area (Å²) in [5.74, 6) is 2.08. The molecule has 1 aromatic carbocycles. The Balaban J connectivity index is 2.03. The molecule has 1 heterocycles. The Morgan fingerprint density at radius 1 is 1.21 bits per heavy atom. The first kappa shape index (κ1) is 22.2. The summed E-state index contributed by atoms with van der Waals surface area (Å²) in [6.45, 7) is 7.51. The molecule has 1 fully saturated rings. The Morgan fingerprint density at radius 2 is 1.79 bits per heavy atom. The SMILES string of the molecule is C[Si](C)(C)C#CC(CS(=O)(=O)N1CCN(c2ccc(F)cc2)CC1)NC(=O)O. The lowest BCUT2D eigenvalue weighted by atomic mass is 10.2. The Kier molecular flexibility index (Phi) is 7.09. The zero-order valence-electron chi connectivity index (χ0n) is 16.3. The van der Waals surface area contributed by atoms with E-state index < -0.39 is 36.0 Å². The van der Waals surface area contributed by atoms with E-state index >= 15 is 0 Å². The fourth-order valence-electron chi connectivity index (χ4n) is 2.76. The maximum Gasteiger partial charge on any atom is 0.405 e. The van der Waals surface area contributed by atoms with E-state index in [9.17, 15) is 17.6 Å². The molecule has 7 nitrogen and oxygen atoms in total. The Labute approximate surface area is 166 Å². The van der Waals surface area contributed by atoms with Crippen LogP contribution < -0.4 is 10.2 Å². The van der Waals surface area contributed by atoms with E-state index in [0.717, 1.165) is 5.69 Å². The third-order valence-electron chi connectivity index (χ3n) is 4.12. The number of hydrogen-bond acceptors (Lipinski definition) is 4. The smallest absolute Gasteiger partial charge is 0.405 e. The fraction of sp³-hybridized carbons (Fsp3) is 0.500. The van der Waals surface area contributed by atoms with Crippen LogP contribution in [0.25, 0.3) is 0 Å². The molecule has 1 saturated heterocycles. The van der Waals surface area contributed by atoms with Crippen LogP contribution in [-0.2, 0) is 10.0 Å². The second-order valence-corrected chi connectivity index (χ2v) is 14.4. The highest BCUT2D eigenvalue weighted by Gasteiger charge is 2.30. The van der Waals surface area contributed by atoms with Gasteiger partial charge in [0.1, 0.15) is 19.9 Å². The van der Waals surface area contributed by atoms with Gasteiger partial charge >= 0.3 is 6.09 Å². The van der Waals surface area contributed by atoms with Gasteiger partial charge in [0.2, 0.25) is 10.0 Å². The Hall–Kier alpha value is -2.09. The van der Waals surface area contributed by atoms with Crippen LogP contribution >= 0.6 is 0 Å². The van der Waals surface area contributed by atoms with Crippen molar-refractivity contribution in [1.82, 2.24) is 9.62 Å². The summed E-state index contributed by atoms with van der Waals surface area (Å²) < 4.78 is 39.9. The molecule has 0 bridgehead atoms. The molecule has 2 N–H and O–H groups in total. The van der Waals surface area contributed by atoms with Crippen LogP contribution in [0.4, 0.5) is 14.9 Å². The summed E-state index contributed by atoms with van der Waals surface area (Å²) in [5.41, 5.74) is 3.87. The molecule has 0 radical (unpaired) electrons. The molecule has 1 amide bonds. The maximum atomic E-state index is 13.1. The highest BCUT2D eigenvalue weighted by atomic mass is 32.2. The lowest BCUT2D eigenvalue weighted by Gasteiger charge is -2.35. The predicted octanol–water partition coefficient (Wildman–Crippen LogP) is 1.79. The van der Waals surface area contributed by atoms with Crippen molar-refractivity contribution in [2.24, 2.45) is 0 Å². The summed E-state index contributed by atoms with van der Waals surface area (Å²) >= 11 is 0. The number of rotatable bonds is 5. The first-order valence-electron chi connectivity index (χ1n) is 8.97. The third kappa shape index (κ3) is 6.81. The number of anilines is 1. The van der Waals surface area contributed by atoms with Crippen molar-refractivity contribution < 1.29 is 22.7 Å². The first-order valence-corrected chi connectivity index (χ1v) is 14.1. The van der Waals surface area contributed by atoms with Crippen molar-refractivity contribution in [3.8, 4) is 11.5 Å². The molecule has 1 aromatic rings. The molecule has 0 aromatic heterocycles. The van der Waals surface area contributed by atoms with Gasteiger partial charge in [-0.15, -0.1) is 5.54 Å². The van der Waals surface area contributed by atoms with Crippen molar-refractivity contribution >= 4 is 29.9 Å². The number of amides is 1. The summed E-state index contributed by atoms with van der Waals surface area (Å²) in [6, 6.07) is 5.11. The summed E-state index contributed by atoms with van der Waals surface area (Å²) in [6.07, 6.45) is -1.30. The molecule has 0 aliphatic carbocycles. The molecule has 1 aliphatic rings. The minimum atomic E-state index is -3.67. The number of benzene rings is 1. The molecule has 2 rings (SSSR count). The van der Waals surface area contributed by atoms with Crippen molar-refractivity contribution in [3.63, 3.8) is 0 Å². The molecule has 1 atom stereocenters. The lowest BCUT2D eigenvalue weighted by molar-refractivity contribution is 0.193. The number of carbonyl (C=O) groups is 1. The van der Waals surface area contributed by atoms with Crippen LogP contribution in [0.15, 0.2) is 24.3 Å². The maximum absolute atomic E-state index is 13.1. The second-order valence-electron chi connectivity index (χ2n) is 7.66. The van der Waals surface area contributed by atoms with Crippen LogP contribution in [0, 0.1) is 17.3 Å². The van der Waals surface area contributed by atoms with Gasteiger partial charge in [0.15, 0.2) is 0 Å². The van der Waals surface area contributed by atoms with Gasteiger partial charge in [0.05, 0.1) is 5.75 Å². The molecule has 0 saturated carbocycles. The van der Waals surface area contributed by atoms with Crippen molar-refractivity contribution in [3.05, 3.63) is 30.1 Å². The number of hydrogen-bond donors (Lipinski definition) is 2. The van der Waals surface area contributed by atoms with E-state index in [2.05, 4.69) is 16.8 Å². The molecular weight excluding hydrogens is 401 g/mol. The van der Waals surface area contributed by atoms with Gasteiger partial charge in [-0.25, -0.2) is 17.6 Å². The van der Waals surface area contributed by atoms with Crippen molar-refractivity contribution in [1.29, 1.82) is 0 Å². The van der Waals surface area contributed by atoms with E-state index in [1.807, 2.05) is 24.5 Å². The quantitative estimate of drug-likeness (QED) is 0.552. The average molecular weight is 428 g/mol. The van der Waals surface area contributed by atoms with Crippen LogP contribution in [0.2, 0.25) is 19.6 Å². The van der Waals surface area contributed by atoms with Crippen LogP contribution in [0.3, 0.4) is 0 Å². The number of piperazine rings is 1. The number of sulfonamides is 1. The Morgan fingerprint density at radius 3 is 2.29 bits per heavy atom. The van der Waals surface area contributed by atoms with Gasteiger partial charge in [-0.2, -0.15) is 4.31 Å². The van der Waals surface area contributed by atoms with Gasteiger partial charge in [0.25, 0.3) is 0 Å². The standard InChI is InChI=1S/C18H26FN3O4SSi/c1-28(2,3)13-8-16(20-18(23)24)14-27(25,26)22-11-9-21(10-12-22)17-6-4-15(19)5-7-17/h4-7,16,20H,9-12,14H2,1-3H3,(H,23,24). The zero-order chi connectivity index (χ0) is 20.9. The van der Waals surface area contributed by atoms with Crippen molar-refractivity contribution in [2.75, 3.05) is 36.8 Å². The van der Waals surface area contributed by atoms with Crippen LogP contribution in [0.5, 0.6) is 0 Å². The molecule has 10 heteroatoms. The van der Waals surface area contributed by atoms with Gasteiger partial charge in [0, 0.05) is 31.9 Å². The minimum absolute atomic E-state index is 0.279. The highest BCUT2D eigenvalue weighted by molar-refractivity contribution is 7.89.